The van der Waals surface area contributed by atoms with Gasteiger partial charge in [0, 0.05) is 25.7 Å². The molecule has 1 aliphatic rings. The van der Waals surface area contributed by atoms with E-state index in [0.717, 1.165) is 30.3 Å². The highest BCUT2D eigenvalue weighted by Crippen LogP contribution is 2.34. The van der Waals surface area contributed by atoms with E-state index in [1.54, 1.807) is 6.07 Å². The second-order valence-corrected chi connectivity index (χ2v) is 10.2. The van der Waals surface area contributed by atoms with E-state index >= 15 is 0 Å². The van der Waals surface area contributed by atoms with Gasteiger partial charge in [-0.15, -0.1) is 0 Å². The second-order valence-electron chi connectivity index (χ2n) is 8.39. The first-order valence-electron chi connectivity index (χ1n) is 11.0. The summed E-state index contributed by atoms with van der Waals surface area (Å²) < 4.78 is 95.3. The maximum atomic E-state index is 13.5. The smallest absolute Gasteiger partial charge is 0.299 e. The molecule has 3 aromatic rings. The number of anilines is 1. The van der Waals surface area contributed by atoms with Gasteiger partial charge in [-0.05, 0) is 73.0 Å². The summed E-state index contributed by atoms with van der Waals surface area (Å²) in [6, 6.07) is 14.4. The fourth-order valence-corrected chi connectivity index (χ4v) is 6.05. The number of benzene rings is 3. The van der Waals surface area contributed by atoms with Crippen molar-refractivity contribution in [3.8, 4) is 0 Å². The maximum absolute atomic E-state index is 13.5. The molecule has 0 amide bonds. The Morgan fingerprint density at radius 3 is 1.94 bits per heavy atom. The van der Waals surface area contributed by atoms with Gasteiger partial charge in [-0.1, -0.05) is 18.2 Å². The molecule has 0 aromatic heterocycles. The number of piperidine rings is 1. The Hall–Kier alpha value is -2.98. The Labute approximate surface area is 200 Å². The molecule has 35 heavy (non-hydrogen) atoms. The molecule has 0 bridgehead atoms. The molecular formula is C25H23F5N2O2S. The lowest BCUT2D eigenvalue weighted by atomic mass is 10.0. The molecule has 1 fully saturated rings. The summed E-state index contributed by atoms with van der Waals surface area (Å²) in [5.41, 5.74) is -0.265. The van der Waals surface area contributed by atoms with Crippen LogP contribution in [0.25, 0.3) is 0 Å². The molecule has 186 valence electrons. The van der Waals surface area contributed by atoms with Crippen LogP contribution in [0.3, 0.4) is 0 Å². The normalized spacial score (nSPS) is 15.8. The molecule has 0 aliphatic carbocycles. The largest absolute Gasteiger partial charge is 0.416 e. The first-order valence-corrected chi connectivity index (χ1v) is 12.4. The van der Waals surface area contributed by atoms with E-state index in [9.17, 15) is 30.4 Å². The summed E-state index contributed by atoms with van der Waals surface area (Å²) in [4.78, 5) is 1.75. The summed E-state index contributed by atoms with van der Waals surface area (Å²) in [6.45, 7) is 0.824. The van der Waals surface area contributed by atoms with Crippen LogP contribution in [0.1, 0.15) is 24.0 Å². The molecule has 0 unspecified atom stereocenters. The zero-order valence-corrected chi connectivity index (χ0v) is 19.4. The van der Waals surface area contributed by atoms with Crippen LogP contribution in [-0.2, 0) is 22.7 Å². The van der Waals surface area contributed by atoms with Crippen molar-refractivity contribution in [3.05, 3.63) is 95.6 Å². The summed E-state index contributed by atoms with van der Waals surface area (Å²) in [5, 5.41) is 0. The van der Waals surface area contributed by atoms with Gasteiger partial charge in [0.15, 0.2) is 0 Å². The topological polar surface area (TPSA) is 40.6 Å². The van der Waals surface area contributed by atoms with Crippen molar-refractivity contribution >= 4 is 15.7 Å². The molecule has 4 nitrogen and oxygen atoms in total. The second kappa shape index (κ2) is 9.94. The van der Waals surface area contributed by atoms with Gasteiger partial charge in [-0.2, -0.15) is 13.2 Å². The van der Waals surface area contributed by atoms with E-state index in [1.165, 1.54) is 40.7 Å². The number of rotatable bonds is 6. The highest BCUT2D eigenvalue weighted by atomic mass is 32.2. The molecule has 0 saturated carbocycles. The van der Waals surface area contributed by atoms with Crippen molar-refractivity contribution in [2.24, 2.45) is 0 Å². The Balaban J connectivity index is 1.57. The van der Waals surface area contributed by atoms with Crippen molar-refractivity contribution in [1.29, 1.82) is 0 Å². The Morgan fingerprint density at radius 2 is 1.37 bits per heavy atom. The van der Waals surface area contributed by atoms with Gasteiger partial charge in [0.05, 0.1) is 16.1 Å². The van der Waals surface area contributed by atoms with Gasteiger partial charge in [0.25, 0.3) is 10.0 Å². The minimum absolute atomic E-state index is 0.0870. The molecule has 1 aliphatic heterocycles. The third-order valence-electron chi connectivity index (χ3n) is 6.06. The summed E-state index contributed by atoms with van der Waals surface area (Å²) in [5.74, 6) is -1.10. The highest BCUT2D eigenvalue weighted by Gasteiger charge is 2.36. The van der Waals surface area contributed by atoms with Crippen molar-refractivity contribution in [3.63, 3.8) is 0 Å². The number of halogens is 5. The average Bonchev–Trinajstić information content (AvgIpc) is 2.81. The standard InChI is InChI=1S/C25H23F5N2O2S/c26-19-5-9-21(10-6-19)32(35(33,34)23-11-7-20(27)8-12-23)22-13-15-31(16-14-22)17-18-3-1-2-4-24(18)25(28,29)30/h1-12,22H,13-17H2. The third kappa shape index (κ3) is 5.65. The van der Waals surface area contributed by atoms with Crippen LogP contribution in [0.2, 0.25) is 0 Å². The molecule has 10 heteroatoms. The fraction of sp³-hybridized carbons (Fsp3) is 0.280. The van der Waals surface area contributed by atoms with Crippen LogP contribution in [0, 0.1) is 11.6 Å². The van der Waals surface area contributed by atoms with E-state index in [0.29, 0.717) is 25.9 Å². The number of nitrogens with zero attached hydrogens (tertiary/aromatic N) is 2. The fourth-order valence-electron chi connectivity index (χ4n) is 4.34. The van der Waals surface area contributed by atoms with Crippen molar-refractivity contribution in [2.75, 3.05) is 17.4 Å². The van der Waals surface area contributed by atoms with Crippen LogP contribution in [0.15, 0.2) is 77.7 Å². The lowest BCUT2D eigenvalue weighted by molar-refractivity contribution is -0.138. The lowest BCUT2D eigenvalue weighted by Gasteiger charge is -2.39. The van der Waals surface area contributed by atoms with E-state index in [-0.39, 0.29) is 22.7 Å². The van der Waals surface area contributed by atoms with Gasteiger partial charge in [0.2, 0.25) is 0 Å². The van der Waals surface area contributed by atoms with Crippen LogP contribution >= 0.6 is 0 Å². The number of hydrogen-bond donors (Lipinski definition) is 0. The van der Waals surface area contributed by atoms with Gasteiger partial charge in [-0.25, -0.2) is 17.2 Å². The Kier molecular flexibility index (Phi) is 7.14. The molecule has 1 heterocycles. The quantitative estimate of drug-likeness (QED) is 0.391. The molecular weight excluding hydrogens is 487 g/mol. The number of alkyl halides is 3. The predicted octanol–water partition coefficient (Wildman–Crippen LogP) is 5.84. The number of sulfonamides is 1. The van der Waals surface area contributed by atoms with E-state index in [1.807, 2.05) is 4.90 Å². The van der Waals surface area contributed by atoms with Gasteiger partial charge in [-0.3, -0.25) is 9.21 Å². The molecule has 0 spiro atoms. The van der Waals surface area contributed by atoms with Crippen LogP contribution in [0.4, 0.5) is 27.6 Å². The first kappa shape index (κ1) is 25.1. The average molecular weight is 511 g/mol. The molecule has 0 atom stereocenters. The van der Waals surface area contributed by atoms with Gasteiger partial charge < -0.3 is 0 Å². The zero-order chi connectivity index (χ0) is 25.2. The Bertz CT molecular complexity index is 1250. The summed E-state index contributed by atoms with van der Waals surface area (Å²) in [7, 11) is -4.11. The molecule has 1 saturated heterocycles. The monoisotopic (exact) mass is 510 g/mol. The minimum atomic E-state index is -4.46. The molecule has 4 rings (SSSR count). The van der Waals surface area contributed by atoms with E-state index in [4.69, 9.17) is 0 Å². The first-order chi connectivity index (χ1) is 16.6. The molecule has 3 aromatic carbocycles. The lowest BCUT2D eigenvalue weighted by Crippen LogP contribution is -2.47. The van der Waals surface area contributed by atoms with Gasteiger partial charge >= 0.3 is 6.18 Å². The number of hydrogen-bond acceptors (Lipinski definition) is 3. The van der Waals surface area contributed by atoms with Crippen molar-refractivity contribution in [1.82, 2.24) is 4.90 Å². The van der Waals surface area contributed by atoms with Crippen LogP contribution < -0.4 is 4.31 Å². The Morgan fingerprint density at radius 1 is 0.829 bits per heavy atom. The minimum Gasteiger partial charge on any atom is -0.299 e. The highest BCUT2D eigenvalue weighted by molar-refractivity contribution is 7.92. The van der Waals surface area contributed by atoms with Crippen LogP contribution in [0.5, 0.6) is 0 Å². The van der Waals surface area contributed by atoms with E-state index in [2.05, 4.69) is 0 Å². The molecule has 0 N–H and O–H groups in total. The zero-order valence-electron chi connectivity index (χ0n) is 18.6. The SMILES string of the molecule is O=S(=O)(c1ccc(F)cc1)N(c1ccc(F)cc1)C1CCN(Cc2ccccc2C(F)(F)F)CC1. The molecule has 0 radical (unpaired) electrons. The van der Waals surface area contributed by atoms with Gasteiger partial charge in [0.1, 0.15) is 11.6 Å². The maximum Gasteiger partial charge on any atom is 0.416 e. The third-order valence-corrected chi connectivity index (χ3v) is 7.95. The van der Waals surface area contributed by atoms with E-state index < -0.39 is 39.4 Å². The van der Waals surface area contributed by atoms with Crippen molar-refractivity contribution in [2.45, 2.75) is 36.5 Å². The van der Waals surface area contributed by atoms with Crippen LogP contribution in [-0.4, -0.2) is 32.4 Å². The summed E-state index contributed by atoms with van der Waals surface area (Å²) in [6.07, 6.45) is -3.75. The summed E-state index contributed by atoms with van der Waals surface area (Å²) >= 11 is 0. The predicted molar refractivity (Wildman–Crippen MR) is 122 cm³/mol. The number of likely N-dealkylation sites (tertiary alicyclic amines) is 1. The van der Waals surface area contributed by atoms with Crippen molar-refractivity contribution < 1.29 is 30.4 Å².